The van der Waals surface area contributed by atoms with Gasteiger partial charge in [0.1, 0.15) is 0 Å². The smallest absolute Gasteiger partial charge is 0.283 e. The summed E-state index contributed by atoms with van der Waals surface area (Å²) in [6.45, 7) is 6.64. The summed E-state index contributed by atoms with van der Waals surface area (Å²) in [4.78, 5) is 0. The zero-order chi connectivity index (χ0) is 7.49. The molecular weight excluding hydrogens is 137 g/mol. The summed E-state index contributed by atoms with van der Waals surface area (Å²) in [6, 6.07) is 0. The van der Waals surface area contributed by atoms with Crippen molar-refractivity contribution < 1.29 is 4.57 Å². The van der Waals surface area contributed by atoms with Crippen molar-refractivity contribution in [1.82, 2.24) is 4.67 Å². The highest BCUT2D eigenvalue weighted by Crippen LogP contribution is 2.31. The molecule has 0 aliphatic rings. The van der Waals surface area contributed by atoms with E-state index in [9.17, 15) is 4.57 Å². The maximum atomic E-state index is 10.7. The molecule has 4 nitrogen and oxygen atoms in total. The second-order valence-electron chi connectivity index (χ2n) is 1.42. The molecule has 5 heteroatoms. The van der Waals surface area contributed by atoms with Crippen LogP contribution in [0.3, 0.4) is 0 Å². The molecule has 0 aromatic carbocycles. The van der Waals surface area contributed by atoms with Crippen LogP contribution in [-0.4, -0.2) is 4.67 Å². The number of hydrogen-bond donors (Lipinski definition) is 2. The van der Waals surface area contributed by atoms with E-state index in [-0.39, 0.29) is 0 Å². The normalized spacial score (nSPS) is 10.4. The Balaban J connectivity index is 4.30. The topological polar surface area (TPSA) is 72.3 Å². The highest BCUT2D eigenvalue weighted by Gasteiger charge is 2.12. The van der Waals surface area contributed by atoms with Crippen molar-refractivity contribution in [3.63, 3.8) is 0 Å². The molecule has 4 N–H and O–H groups in total. The molecule has 0 heterocycles. The highest BCUT2D eigenvalue weighted by atomic mass is 31.2. The van der Waals surface area contributed by atoms with Crippen molar-refractivity contribution in [3.8, 4) is 0 Å². The molecule has 0 aromatic heterocycles. The monoisotopic (exact) mass is 147 g/mol. The molecule has 0 bridgehead atoms. The average molecular weight is 147 g/mol. The maximum Gasteiger partial charge on any atom is 0.304 e. The molecule has 0 rings (SSSR count). The van der Waals surface area contributed by atoms with Crippen LogP contribution < -0.4 is 11.0 Å². The van der Waals surface area contributed by atoms with Crippen molar-refractivity contribution in [2.75, 3.05) is 0 Å². The minimum absolute atomic E-state index is 1.08. The minimum atomic E-state index is -3.18. The van der Waals surface area contributed by atoms with E-state index in [1.165, 1.54) is 12.4 Å². The van der Waals surface area contributed by atoms with E-state index in [0.717, 1.165) is 4.67 Å². The average Bonchev–Trinajstić information content (AvgIpc) is 1.65. The zero-order valence-corrected chi connectivity index (χ0v) is 5.92. The van der Waals surface area contributed by atoms with Crippen LogP contribution in [0.25, 0.3) is 0 Å². The van der Waals surface area contributed by atoms with Crippen LogP contribution in [0.1, 0.15) is 0 Å². The van der Waals surface area contributed by atoms with Crippen molar-refractivity contribution in [2.24, 2.45) is 11.0 Å². The fourth-order valence-electron chi connectivity index (χ4n) is 0.330. The Morgan fingerprint density at radius 3 is 1.67 bits per heavy atom. The molecule has 0 radical (unpaired) electrons. The molecule has 0 fully saturated rings. The summed E-state index contributed by atoms with van der Waals surface area (Å²) >= 11 is 0. The zero-order valence-electron chi connectivity index (χ0n) is 5.03. The van der Waals surface area contributed by atoms with Crippen molar-refractivity contribution in [1.29, 1.82) is 0 Å². The van der Waals surface area contributed by atoms with Crippen molar-refractivity contribution >= 4 is 7.59 Å². The van der Waals surface area contributed by atoms with Gasteiger partial charge in [0.05, 0.1) is 0 Å². The van der Waals surface area contributed by atoms with Gasteiger partial charge in [0.15, 0.2) is 0 Å². The van der Waals surface area contributed by atoms with Gasteiger partial charge in [-0.2, -0.15) is 0 Å². The first-order valence-electron chi connectivity index (χ1n) is 2.23. The van der Waals surface area contributed by atoms with Gasteiger partial charge < -0.3 is 0 Å². The van der Waals surface area contributed by atoms with Crippen LogP contribution in [0.15, 0.2) is 25.6 Å². The van der Waals surface area contributed by atoms with Gasteiger partial charge in [0.25, 0.3) is 0 Å². The molecule has 0 saturated carbocycles. The summed E-state index contributed by atoms with van der Waals surface area (Å²) in [5, 5.41) is 0. The van der Waals surface area contributed by atoms with Gasteiger partial charge in [-0.05, 0) is 0 Å². The summed E-state index contributed by atoms with van der Waals surface area (Å²) in [6.07, 6.45) is 2.52. The molecule has 0 aromatic rings. The van der Waals surface area contributed by atoms with Crippen molar-refractivity contribution in [2.45, 2.75) is 0 Å². The fourth-order valence-corrected chi connectivity index (χ4v) is 0.840. The molecule has 9 heavy (non-hydrogen) atoms. The lowest BCUT2D eigenvalue weighted by atomic mass is 10.9. The first-order valence-corrected chi connectivity index (χ1v) is 4.03. The molecule has 0 amide bonds. The molecule has 0 saturated heterocycles. The van der Waals surface area contributed by atoms with E-state index in [0.29, 0.717) is 0 Å². The van der Waals surface area contributed by atoms with Crippen molar-refractivity contribution in [3.05, 3.63) is 25.6 Å². The van der Waals surface area contributed by atoms with E-state index in [4.69, 9.17) is 11.0 Å². The second kappa shape index (κ2) is 2.82. The Labute approximate surface area is 54.4 Å². The molecule has 0 atom stereocenters. The molecule has 52 valence electrons. The molecular formula is C4H10N3OP. The third kappa shape index (κ3) is 2.46. The number of nitrogens with two attached hydrogens (primary N) is 2. The van der Waals surface area contributed by atoms with Crippen LogP contribution >= 0.6 is 7.59 Å². The van der Waals surface area contributed by atoms with Crippen LogP contribution in [-0.2, 0) is 4.57 Å². The molecule has 0 spiro atoms. The maximum absolute atomic E-state index is 10.7. The number of hydrogen-bond acceptors (Lipinski definition) is 1. The first-order chi connectivity index (χ1) is 4.02. The van der Waals surface area contributed by atoms with Gasteiger partial charge in [-0.15, -0.1) is 0 Å². The van der Waals surface area contributed by atoms with Gasteiger partial charge >= 0.3 is 7.59 Å². The second-order valence-corrected chi connectivity index (χ2v) is 3.22. The Kier molecular flexibility index (Phi) is 2.65. The van der Waals surface area contributed by atoms with Crippen LogP contribution in [0, 0.1) is 0 Å². The van der Waals surface area contributed by atoms with Gasteiger partial charge in [-0.25, -0.2) is 0 Å². The van der Waals surface area contributed by atoms with E-state index < -0.39 is 7.59 Å². The fraction of sp³-hybridized carbons (Fsp3) is 0. The van der Waals surface area contributed by atoms with Crippen LogP contribution in [0.5, 0.6) is 0 Å². The van der Waals surface area contributed by atoms with Gasteiger partial charge in [-0.3, -0.25) is 20.2 Å². The third-order valence-corrected chi connectivity index (χ3v) is 1.78. The predicted molar refractivity (Wildman–Crippen MR) is 38.2 cm³/mol. The Morgan fingerprint density at radius 1 is 1.33 bits per heavy atom. The molecule has 0 unspecified atom stereocenters. The van der Waals surface area contributed by atoms with E-state index >= 15 is 0 Å². The van der Waals surface area contributed by atoms with Gasteiger partial charge in [0.2, 0.25) is 0 Å². The van der Waals surface area contributed by atoms with E-state index in [1.807, 2.05) is 0 Å². The SMILES string of the molecule is C=CN(C=C)P(N)(N)=O. The summed E-state index contributed by atoms with van der Waals surface area (Å²) < 4.78 is 11.8. The Hall–Kier alpha value is -0.570. The summed E-state index contributed by atoms with van der Waals surface area (Å²) in [7, 11) is -3.18. The first kappa shape index (κ1) is 8.43. The summed E-state index contributed by atoms with van der Waals surface area (Å²) in [5.74, 6) is 0. The van der Waals surface area contributed by atoms with Gasteiger partial charge in [-0.1, -0.05) is 13.2 Å². The van der Waals surface area contributed by atoms with E-state index in [1.54, 1.807) is 0 Å². The standard InChI is InChI=1S/C4H10N3OP/c1-3-7(4-2)9(5,6)8/h3-4H,1-2H2,(H4,5,6,8). The largest absolute Gasteiger partial charge is 0.304 e. The Bertz CT molecular complexity index is 153. The predicted octanol–water partition coefficient (Wildman–Crippen LogP) is 0.601. The molecule has 0 aliphatic carbocycles. The summed E-state index contributed by atoms with van der Waals surface area (Å²) in [5.41, 5.74) is 10.0. The quantitative estimate of drug-likeness (QED) is 0.573. The van der Waals surface area contributed by atoms with Gasteiger partial charge in [0, 0.05) is 12.4 Å². The van der Waals surface area contributed by atoms with Crippen LogP contribution in [0.2, 0.25) is 0 Å². The third-order valence-electron chi connectivity index (χ3n) is 0.735. The Morgan fingerprint density at radius 2 is 1.67 bits per heavy atom. The lowest BCUT2D eigenvalue weighted by Gasteiger charge is -2.17. The lowest BCUT2D eigenvalue weighted by Crippen LogP contribution is -2.18. The number of rotatable bonds is 3. The minimum Gasteiger partial charge on any atom is -0.283 e. The number of nitrogens with zero attached hydrogens (tertiary/aromatic N) is 1. The highest BCUT2D eigenvalue weighted by molar-refractivity contribution is 7.56. The van der Waals surface area contributed by atoms with E-state index in [2.05, 4.69) is 13.2 Å². The van der Waals surface area contributed by atoms with Crippen LogP contribution in [0.4, 0.5) is 0 Å². The molecule has 0 aliphatic heterocycles. The lowest BCUT2D eigenvalue weighted by molar-refractivity contribution is 0.544.